The van der Waals surface area contributed by atoms with Gasteiger partial charge in [0.15, 0.2) is 5.82 Å². The van der Waals surface area contributed by atoms with Crippen LogP contribution in [0.4, 0.5) is 11.6 Å². The number of pyridine rings is 2. The number of thiazole rings is 1. The van der Waals surface area contributed by atoms with Gasteiger partial charge in [0.1, 0.15) is 21.7 Å². The first-order chi connectivity index (χ1) is 19.1. The van der Waals surface area contributed by atoms with Gasteiger partial charge in [-0.05, 0) is 42.0 Å². The molecule has 0 bridgehead atoms. The van der Waals surface area contributed by atoms with E-state index >= 15 is 0 Å². The van der Waals surface area contributed by atoms with Crippen LogP contribution >= 0.6 is 22.9 Å². The topological polar surface area (TPSA) is 117 Å². The molecule has 1 aliphatic heterocycles. The van der Waals surface area contributed by atoms with E-state index < -0.39 is 11.9 Å². The lowest BCUT2D eigenvalue weighted by Gasteiger charge is -2.28. The summed E-state index contributed by atoms with van der Waals surface area (Å²) in [4.78, 5) is 55.2. The summed E-state index contributed by atoms with van der Waals surface area (Å²) in [7, 11) is 0. The quantitative estimate of drug-likeness (QED) is 0.321. The summed E-state index contributed by atoms with van der Waals surface area (Å²) in [6, 6.07) is 14.8. The third-order valence-electron chi connectivity index (χ3n) is 6.31. The fourth-order valence-electron chi connectivity index (χ4n) is 4.24. The second-order valence-electron chi connectivity index (χ2n) is 10.4. The highest BCUT2D eigenvalue weighted by molar-refractivity contribution is 7.14. The average molecular weight is 575 g/mol. The molecular formula is C29H27ClN6O3S. The molecule has 5 rings (SSSR count). The third kappa shape index (κ3) is 5.88. The van der Waals surface area contributed by atoms with Crippen LogP contribution in [0.3, 0.4) is 0 Å². The predicted molar refractivity (Wildman–Crippen MR) is 155 cm³/mol. The first-order valence-electron chi connectivity index (χ1n) is 12.6. The van der Waals surface area contributed by atoms with Gasteiger partial charge in [0, 0.05) is 36.5 Å². The van der Waals surface area contributed by atoms with Crippen LogP contribution < -0.4 is 10.6 Å². The first-order valence-corrected chi connectivity index (χ1v) is 13.8. The van der Waals surface area contributed by atoms with Gasteiger partial charge in [0.2, 0.25) is 5.91 Å². The normalized spacial score (nSPS) is 15.3. The maximum atomic E-state index is 14.0. The van der Waals surface area contributed by atoms with Crippen molar-refractivity contribution in [1.29, 1.82) is 0 Å². The molecule has 9 nitrogen and oxygen atoms in total. The number of hydrogen-bond acceptors (Lipinski definition) is 7. The Labute approximate surface area is 240 Å². The monoisotopic (exact) mass is 574 g/mol. The van der Waals surface area contributed by atoms with Gasteiger partial charge in [0.05, 0.1) is 10.6 Å². The molecule has 40 heavy (non-hydrogen) atoms. The van der Waals surface area contributed by atoms with Crippen molar-refractivity contribution >= 4 is 52.3 Å². The molecule has 3 amide bonds. The van der Waals surface area contributed by atoms with Crippen molar-refractivity contribution in [3.05, 3.63) is 98.7 Å². The number of aromatic nitrogens is 3. The highest BCUT2D eigenvalue weighted by atomic mass is 35.5. The van der Waals surface area contributed by atoms with Crippen molar-refractivity contribution in [3.8, 4) is 0 Å². The van der Waals surface area contributed by atoms with Crippen molar-refractivity contribution in [1.82, 2.24) is 19.9 Å². The lowest BCUT2D eigenvalue weighted by Crippen LogP contribution is -2.46. The largest absolute Gasteiger partial charge is 0.321 e. The SMILES string of the molecule is CC(C)(C)c1nc2c(s1)C(=O)N(Cc1ccc(C(=O)Nc3ccccn3)c(Cl)c1)C(Cc1ccccn1)C(=O)N2. The Hall–Kier alpha value is -4.15. The van der Waals surface area contributed by atoms with Gasteiger partial charge in [-0.25, -0.2) is 9.97 Å². The molecule has 2 N–H and O–H groups in total. The molecule has 0 fully saturated rings. The van der Waals surface area contributed by atoms with E-state index in [1.54, 1.807) is 54.9 Å². The number of hydrogen-bond donors (Lipinski definition) is 2. The standard InChI is InChI=1S/C29H27ClN6O3S/c1-29(2,3)28-35-24-23(40-28)27(39)36(21(26(38)34-24)15-18-8-4-6-12-31-18)16-17-10-11-19(20(30)14-17)25(37)33-22-9-5-7-13-32-22/h4-14,21H,15-16H2,1-3H3,(H,34,38)(H,32,33,37). The molecule has 1 unspecified atom stereocenters. The van der Waals surface area contributed by atoms with Crippen LogP contribution in [0.2, 0.25) is 5.02 Å². The fourth-order valence-corrected chi connectivity index (χ4v) is 5.57. The maximum absolute atomic E-state index is 14.0. The highest BCUT2D eigenvalue weighted by Crippen LogP contribution is 2.35. The van der Waals surface area contributed by atoms with Crippen LogP contribution in [-0.2, 0) is 23.2 Å². The van der Waals surface area contributed by atoms with Gasteiger partial charge < -0.3 is 15.5 Å². The summed E-state index contributed by atoms with van der Waals surface area (Å²) in [6.07, 6.45) is 3.45. The third-order valence-corrected chi connectivity index (χ3v) is 8.09. The van der Waals surface area contributed by atoms with Crippen molar-refractivity contribution in [2.24, 2.45) is 0 Å². The molecule has 11 heteroatoms. The number of amides is 3. The lowest BCUT2D eigenvalue weighted by molar-refractivity contribution is -0.120. The van der Waals surface area contributed by atoms with E-state index in [0.29, 0.717) is 22.0 Å². The number of anilines is 2. The summed E-state index contributed by atoms with van der Waals surface area (Å²) in [5.74, 6) is -0.381. The fraction of sp³-hybridized carbons (Fsp3) is 0.241. The van der Waals surface area contributed by atoms with Gasteiger partial charge in [0.25, 0.3) is 11.8 Å². The van der Waals surface area contributed by atoms with Gasteiger partial charge in [-0.15, -0.1) is 11.3 Å². The molecule has 204 valence electrons. The van der Waals surface area contributed by atoms with Crippen LogP contribution in [0.15, 0.2) is 67.0 Å². The minimum atomic E-state index is -0.840. The Morgan fingerprint density at radius 1 is 1.07 bits per heavy atom. The number of carbonyl (C=O) groups is 3. The zero-order valence-corrected chi connectivity index (χ0v) is 23.7. The van der Waals surface area contributed by atoms with Crippen LogP contribution in [0.25, 0.3) is 0 Å². The molecule has 1 aliphatic rings. The second kappa shape index (κ2) is 11.1. The molecule has 4 aromatic rings. The number of nitrogens with one attached hydrogen (secondary N) is 2. The van der Waals surface area contributed by atoms with E-state index in [9.17, 15) is 14.4 Å². The van der Waals surface area contributed by atoms with E-state index in [1.807, 2.05) is 32.9 Å². The number of rotatable bonds is 6. The summed E-state index contributed by atoms with van der Waals surface area (Å²) in [6.45, 7) is 6.11. The van der Waals surface area contributed by atoms with Crippen LogP contribution in [0.5, 0.6) is 0 Å². The van der Waals surface area contributed by atoms with Gasteiger partial charge in [-0.3, -0.25) is 19.4 Å². The molecule has 1 aromatic carbocycles. The number of benzene rings is 1. The Morgan fingerprint density at radius 3 is 2.48 bits per heavy atom. The molecule has 0 radical (unpaired) electrons. The molecule has 4 heterocycles. The minimum absolute atomic E-state index is 0.0911. The summed E-state index contributed by atoms with van der Waals surface area (Å²) in [5.41, 5.74) is 1.31. The number of halogens is 1. The molecule has 0 spiro atoms. The lowest BCUT2D eigenvalue weighted by atomic mass is 9.98. The Balaban J connectivity index is 1.46. The van der Waals surface area contributed by atoms with Gasteiger partial charge in [-0.1, -0.05) is 50.6 Å². The molecule has 1 atom stereocenters. The Kier molecular flexibility index (Phi) is 7.64. The number of carbonyl (C=O) groups excluding carboxylic acids is 3. The molecule has 3 aromatic heterocycles. The average Bonchev–Trinajstić information content (AvgIpc) is 3.32. The second-order valence-corrected chi connectivity index (χ2v) is 11.8. The van der Waals surface area contributed by atoms with E-state index in [1.165, 1.54) is 16.2 Å². The van der Waals surface area contributed by atoms with Crippen molar-refractivity contribution < 1.29 is 14.4 Å². The van der Waals surface area contributed by atoms with Gasteiger partial charge >= 0.3 is 0 Å². The molecule has 0 saturated heterocycles. The summed E-state index contributed by atoms with van der Waals surface area (Å²) in [5, 5.41) is 6.56. The molecule has 0 saturated carbocycles. The van der Waals surface area contributed by atoms with Crippen LogP contribution in [0, 0.1) is 0 Å². The van der Waals surface area contributed by atoms with Crippen molar-refractivity contribution in [3.63, 3.8) is 0 Å². The zero-order chi connectivity index (χ0) is 28.4. The predicted octanol–water partition coefficient (Wildman–Crippen LogP) is 5.34. The Morgan fingerprint density at radius 2 is 1.82 bits per heavy atom. The van der Waals surface area contributed by atoms with Crippen molar-refractivity contribution in [2.45, 2.75) is 45.2 Å². The van der Waals surface area contributed by atoms with E-state index in [2.05, 4.69) is 25.6 Å². The van der Waals surface area contributed by atoms with E-state index in [4.69, 9.17) is 11.6 Å². The number of nitrogens with zero attached hydrogens (tertiary/aromatic N) is 4. The summed E-state index contributed by atoms with van der Waals surface area (Å²) >= 11 is 7.81. The van der Waals surface area contributed by atoms with E-state index in [0.717, 1.165) is 5.01 Å². The first kappa shape index (κ1) is 27.4. The Bertz CT molecular complexity index is 1570. The van der Waals surface area contributed by atoms with E-state index in [-0.39, 0.29) is 46.6 Å². The summed E-state index contributed by atoms with van der Waals surface area (Å²) < 4.78 is 0. The van der Waals surface area contributed by atoms with Crippen LogP contribution in [0.1, 0.15) is 57.1 Å². The van der Waals surface area contributed by atoms with Gasteiger partial charge in [-0.2, -0.15) is 0 Å². The van der Waals surface area contributed by atoms with Crippen molar-refractivity contribution in [2.75, 3.05) is 10.6 Å². The zero-order valence-electron chi connectivity index (χ0n) is 22.1. The molecular weight excluding hydrogens is 548 g/mol. The molecule has 0 aliphatic carbocycles. The number of fused-ring (bicyclic) bond motifs is 1. The minimum Gasteiger partial charge on any atom is -0.321 e. The maximum Gasteiger partial charge on any atom is 0.268 e. The smallest absolute Gasteiger partial charge is 0.268 e. The van der Waals surface area contributed by atoms with Crippen LogP contribution in [-0.4, -0.2) is 43.6 Å². The highest BCUT2D eigenvalue weighted by Gasteiger charge is 2.39.